The number of nitrogens with one attached hydrogen (secondary N) is 1. The van der Waals surface area contributed by atoms with Gasteiger partial charge in [0.15, 0.2) is 0 Å². The van der Waals surface area contributed by atoms with Crippen LogP contribution in [0.1, 0.15) is 29.8 Å². The average molecular weight is 465 g/mol. The van der Waals surface area contributed by atoms with Crippen molar-refractivity contribution in [2.45, 2.75) is 18.7 Å². The van der Waals surface area contributed by atoms with Crippen LogP contribution in [-0.4, -0.2) is 40.7 Å². The maximum atomic E-state index is 12.7. The molecule has 3 rings (SSSR count). The Morgan fingerprint density at radius 1 is 0.879 bits per heavy atom. The summed E-state index contributed by atoms with van der Waals surface area (Å²) < 4.78 is 26.7. The zero-order chi connectivity index (χ0) is 23.8. The Bertz CT molecular complexity index is 1190. The summed E-state index contributed by atoms with van der Waals surface area (Å²) in [6.45, 7) is 6.10. The fraction of sp³-hybridized carbons (Fsp3) is 0.200. The standard InChI is InChI=1S/C25H28N4O3S/c1-4-29(5-2)23-15-11-20(12-16-23)19-26-27-25(30)21-13-17-22(18-14-21)28(3)33(31,32)24-9-7-6-8-10-24/h6-19H,4-5H2,1-3H3,(H,27,30)/b26-19-. The van der Waals surface area contributed by atoms with Crippen LogP contribution in [0.3, 0.4) is 0 Å². The first kappa shape index (κ1) is 24.0. The van der Waals surface area contributed by atoms with Gasteiger partial charge in [-0.3, -0.25) is 9.10 Å². The lowest BCUT2D eigenvalue weighted by molar-refractivity contribution is 0.0955. The van der Waals surface area contributed by atoms with E-state index in [2.05, 4.69) is 29.3 Å². The zero-order valence-corrected chi connectivity index (χ0v) is 19.8. The van der Waals surface area contributed by atoms with Crippen LogP contribution >= 0.6 is 0 Å². The van der Waals surface area contributed by atoms with E-state index in [0.29, 0.717) is 11.3 Å². The van der Waals surface area contributed by atoms with Gasteiger partial charge in [-0.2, -0.15) is 5.10 Å². The van der Waals surface area contributed by atoms with Crippen molar-refractivity contribution in [3.63, 3.8) is 0 Å². The van der Waals surface area contributed by atoms with E-state index in [1.807, 2.05) is 24.3 Å². The minimum Gasteiger partial charge on any atom is -0.372 e. The third kappa shape index (κ3) is 5.78. The predicted octanol–water partition coefficient (Wildman–Crippen LogP) is 4.12. The molecule has 1 amide bonds. The van der Waals surface area contributed by atoms with Gasteiger partial charge in [0.1, 0.15) is 0 Å². The summed E-state index contributed by atoms with van der Waals surface area (Å²) >= 11 is 0. The first-order valence-corrected chi connectivity index (χ1v) is 12.1. The number of nitrogens with zero attached hydrogens (tertiary/aromatic N) is 3. The first-order chi connectivity index (χ1) is 15.9. The van der Waals surface area contributed by atoms with Crippen LogP contribution in [0.2, 0.25) is 0 Å². The minimum absolute atomic E-state index is 0.203. The molecule has 0 aromatic heterocycles. The van der Waals surface area contributed by atoms with Crippen LogP contribution in [0, 0.1) is 0 Å². The molecule has 0 radical (unpaired) electrons. The molecule has 0 aliphatic rings. The highest BCUT2D eigenvalue weighted by molar-refractivity contribution is 7.92. The molecule has 3 aromatic carbocycles. The van der Waals surface area contributed by atoms with Gasteiger partial charge in [-0.1, -0.05) is 30.3 Å². The maximum Gasteiger partial charge on any atom is 0.271 e. The van der Waals surface area contributed by atoms with E-state index >= 15 is 0 Å². The molecular weight excluding hydrogens is 436 g/mol. The number of amides is 1. The van der Waals surface area contributed by atoms with E-state index < -0.39 is 10.0 Å². The van der Waals surface area contributed by atoms with Crippen LogP contribution in [0.15, 0.2) is 88.9 Å². The van der Waals surface area contributed by atoms with Gasteiger partial charge in [0.2, 0.25) is 0 Å². The molecule has 0 unspecified atom stereocenters. The van der Waals surface area contributed by atoms with E-state index in [1.165, 1.54) is 11.4 Å². The maximum absolute atomic E-state index is 12.7. The summed E-state index contributed by atoms with van der Waals surface area (Å²) in [7, 11) is -2.20. The Labute approximate surface area is 195 Å². The second kappa shape index (κ2) is 10.8. The predicted molar refractivity (Wildman–Crippen MR) is 134 cm³/mol. The van der Waals surface area contributed by atoms with E-state index in [-0.39, 0.29) is 10.8 Å². The summed E-state index contributed by atoms with van der Waals surface area (Å²) in [5.41, 5.74) is 5.33. The second-order valence-electron chi connectivity index (χ2n) is 7.30. The van der Waals surface area contributed by atoms with Crippen molar-refractivity contribution < 1.29 is 13.2 Å². The molecule has 8 heteroatoms. The molecular formula is C25H28N4O3S. The van der Waals surface area contributed by atoms with Gasteiger partial charge >= 0.3 is 0 Å². The van der Waals surface area contributed by atoms with Gasteiger partial charge in [-0.25, -0.2) is 13.8 Å². The summed E-state index contributed by atoms with van der Waals surface area (Å²) in [6, 6.07) is 22.4. The molecule has 7 nitrogen and oxygen atoms in total. The fourth-order valence-corrected chi connectivity index (χ4v) is 4.52. The minimum atomic E-state index is -3.68. The van der Waals surface area contributed by atoms with Crippen LogP contribution in [0.4, 0.5) is 11.4 Å². The van der Waals surface area contributed by atoms with Gasteiger partial charge in [-0.05, 0) is 67.9 Å². The van der Waals surface area contributed by atoms with Crippen molar-refractivity contribution in [2.75, 3.05) is 29.3 Å². The molecule has 0 aliphatic heterocycles. The van der Waals surface area contributed by atoms with Crippen molar-refractivity contribution in [1.29, 1.82) is 0 Å². The summed E-state index contributed by atoms with van der Waals surface area (Å²) in [5.74, 6) is -0.383. The molecule has 0 heterocycles. The number of carbonyl (C=O) groups is 1. The first-order valence-electron chi connectivity index (χ1n) is 10.7. The molecule has 33 heavy (non-hydrogen) atoms. The van der Waals surface area contributed by atoms with Crippen molar-refractivity contribution in [2.24, 2.45) is 5.10 Å². The Morgan fingerprint density at radius 3 is 2.03 bits per heavy atom. The van der Waals surface area contributed by atoms with Crippen LogP contribution in [0.5, 0.6) is 0 Å². The van der Waals surface area contributed by atoms with Crippen LogP contribution in [-0.2, 0) is 10.0 Å². The molecule has 172 valence electrons. The third-order valence-corrected chi connectivity index (χ3v) is 7.10. The van der Waals surface area contributed by atoms with Gasteiger partial charge in [-0.15, -0.1) is 0 Å². The number of hydrogen-bond acceptors (Lipinski definition) is 5. The van der Waals surface area contributed by atoms with Crippen molar-refractivity contribution in [1.82, 2.24) is 5.43 Å². The molecule has 0 atom stereocenters. The number of benzene rings is 3. The lowest BCUT2D eigenvalue weighted by Gasteiger charge is -2.20. The number of sulfonamides is 1. The Kier molecular flexibility index (Phi) is 7.84. The van der Waals surface area contributed by atoms with Crippen LogP contribution < -0.4 is 14.6 Å². The molecule has 0 spiro atoms. The number of hydrazone groups is 1. The van der Waals surface area contributed by atoms with Crippen molar-refractivity contribution in [3.05, 3.63) is 90.0 Å². The van der Waals surface area contributed by atoms with E-state index in [1.54, 1.807) is 60.8 Å². The lowest BCUT2D eigenvalue weighted by Crippen LogP contribution is -2.26. The highest BCUT2D eigenvalue weighted by Gasteiger charge is 2.21. The van der Waals surface area contributed by atoms with E-state index in [0.717, 1.165) is 24.3 Å². The number of anilines is 2. The Morgan fingerprint density at radius 2 is 1.45 bits per heavy atom. The molecule has 3 aromatic rings. The SMILES string of the molecule is CCN(CC)c1ccc(/C=N\NC(=O)c2ccc(N(C)S(=O)(=O)c3ccccc3)cc2)cc1. The summed E-state index contributed by atoms with van der Waals surface area (Å²) in [4.78, 5) is 14.8. The van der Waals surface area contributed by atoms with E-state index in [9.17, 15) is 13.2 Å². The monoisotopic (exact) mass is 464 g/mol. The van der Waals surface area contributed by atoms with Gasteiger partial charge in [0, 0.05) is 31.4 Å². The summed E-state index contributed by atoms with van der Waals surface area (Å²) in [6.07, 6.45) is 1.58. The van der Waals surface area contributed by atoms with Crippen molar-refractivity contribution in [3.8, 4) is 0 Å². The molecule has 0 bridgehead atoms. The Balaban J connectivity index is 1.62. The highest BCUT2D eigenvalue weighted by atomic mass is 32.2. The topological polar surface area (TPSA) is 82.1 Å². The van der Waals surface area contributed by atoms with Gasteiger partial charge in [0.25, 0.3) is 15.9 Å². The molecule has 1 N–H and O–H groups in total. The normalized spacial score (nSPS) is 11.4. The molecule has 0 saturated heterocycles. The smallest absolute Gasteiger partial charge is 0.271 e. The molecule has 0 fully saturated rings. The van der Waals surface area contributed by atoms with Gasteiger partial charge < -0.3 is 4.90 Å². The quantitative estimate of drug-likeness (QED) is 0.381. The second-order valence-corrected chi connectivity index (χ2v) is 9.26. The number of rotatable bonds is 9. The lowest BCUT2D eigenvalue weighted by atomic mass is 10.2. The largest absolute Gasteiger partial charge is 0.372 e. The fourth-order valence-electron chi connectivity index (χ4n) is 3.30. The zero-order valence-electron chi connectivity index (χ0n) is 19.0. The molecule has 0 saturated carbocycles. The molecule has 0 aliphatic carbocycles. The van der Waals surface area contributed by atoms with E-state index in [4.69, 9.17) is 0 Å². The highest BCUT2D eigenvalue weighted by Crippen LogP contribution is 2.22. The van der Waals surface area contributed by atoms with Crippen LogP contribution in [0.25, 0.3) is 0 Å². The Hall–Kier alpha value is -3.65. The van der Waals surface area contributed by atoms with Crippen molar-refractivity contribution >= 4 is 33.5 Å². The summed E-state index contributed by atoms with van der Waals surface area (Å²) in [5, 5.41) is 4.02. The third-order valence-electron chi connectivity index (χ3n) is 5.30. The number of hydrogen-bond donors (Lipinski definition) is 1. The van der Waals surface area contributed by atoms with Gasteiger partial charge in [0.05, 0.1) is 16.8 Å². The average Bonchev–Trinajstić information content (AvgIpc) is 2.85. The number of carbonyl (C=O) groups excluding carboxylic acids is 1.